The molecule has 0 aromatic carbocycles. The van der Waals surface area contributed by atoms with E-state index in [1.54, 1.807) is 13.0 Å². The minimum atomic E-state index is -0.540. The van der Waals surface area contributed by atoms with Crippen molar-refractivity contribution in [3.05, 3.63) is 16.5 Å². The Hall–Kier alpha value is -1.40. The van der Waals surface area contributed by atoms with E-state index in [0.717, 1.165) is 4.88 Å². The maximum absolute atomic E-state index is 12.3. The van der Waals surface area contributed by atoms with Crippen molar-refractivity contribution in [2.45, 2.75) is 52.1 Å². The number of nitrogens with one attached hydrogen (secondary N) is 1. The first kappa shape index (κ1) is 17.9. The van der Waals surface area contributed by atoms with E-state index in [2.05, 4.69) is 26.1 Å². The van der Waals surface area contributed by atoms with Crippen LogP contribution in [0.25, 0.3) is 0 Å². The average Bonchev–Trinajstić information content (AvgIpc) is 3.21. The van der Waals surface area contributed by atoms with Crippen LogP contribution in [-0.4, -0.2) is 31.7 Å². The van der Waals surface area contributed by atoms with Gasteiger partial charge in [-0.2, -0.15) is 0 Å². The number of amides is 1. The van der Waals surface area contributed by atoms with E-state index in [9.17, 15) is 9.59 Å². The molecule has 23 heavy (non-hydrogen) atoms. The number of thiophene rings is 1. The molecule has 1 aliphatic carbocycles. The SMILES string of the molecule is COC(=O)c1cc(C(C)(C)C)sc1NC(=O)C(C)OCC1CC1. The molecular formula is C17H25NO4S. The van der Waals surface area contributed by atoms with E-state index in [1.165, 1.54) is 31.3 Å². The van der Waals surface area contributed by atoms with Gasteiger partial charge in [0.25, 0.3) is 5.91 Å². The number of rotatable bonds is 6. The van der Waals surface area contributed by atoms with Gasteiger partial charge in [0.15, 0.2) is 0 Å². The van der Waals surface area contributed by atoms with Crippen LogP contribution in [0.2, 0.25) is 0 Å². The summed E-state index contributed by atoms with van der Waals surface area (Å²) in [6.07, 6.45) is 1.82. The van der Waals surface area contributed by atoms with Crippen molar-refractivity contribution >= 4 is 28.2 Å². The maximum Gasteiger partial charge on any atom is 0.340 e. The summed E-state index contributed by atoms with van der Waals surface area (Å²) in [5.74, 6) is -0.0816. The maximum atomic E-state index is 12.3. The molecule has 2 rings (SSSR count). The molecule has 0 spiro atoms. The molecule has 1 fully saturated rings. The Bertz CT molecular complexity index is 584. The van der Waals surface area contributed by atoms with Crippen LogP contribution in [0.15, 0.2) is 6.07 Å². The van der Waals surface area contributed by atoms with Gasteiger partial charge in [-0.15, -0.1) is 11.3 Å². The lowest BCUT2D eigenvalue weighted by atomic mass is 9.94. The first-order valence-electron chi connectivity index (χ1n) is 7.87. The fraction of sp³-hybridized carbons (Fsp3) is 0.647. The third-order valence-electron chi connectivity index (χ3n) is 3.76. The lowest BCUT2D eigenvalue weighted by molar-refractivity contribution is -0.126. The topological polar surface area (TPSA) is 64.6 Å². The van der Waals surface area contributed by atoms with E-state index < -0.39 is 12.1 Å². The minimum absolute atomic E-state index is 0.107. The normalized spacial score (nSPS) is 16.0. The molecule has 1 aromatic rings. The summed E-state index contributed by atoms with van der Waals surface area (Å²) in [5, 5.41) is 3.34. The van der Waals surface area contributed by atoms with Crippen LogP contribution < -0.4 is 5.32 Å². The van der Waals surface area contributed by atoms with Crippen LogP contribution in [0, 0.1) is 5.92 Å². The van der Waals surface area contributed by atoms with Crippen LogP contribution in [0.5, 0.6) is 0 Å². The predicted molar refractivity (Wildman–Crippen MR) is 91.1 cm³/mol. The molecule has 5 nitrogen and oxygen atoms in total. The number of esters is 1. The highest BCUT2D eigenvalue weighted by molar-refractivity contribution is 7.16. The Balaban J connectivity index is 2.11. The second kappa shape index (κ2) is 7.01. The molecule has 1 saturated carbocycles. The quantitative estimate of drug-likeness (QED) is 0.805. The lowest BCUT2D eigenvalue weighted by Gasteiger charge is -2.15. The highest BCUT2D eigenvalue weighted by Gasteiger charge is 2.27. The zero-order chi connectivity index (χ0) is 17.2. The van der Waals surface area contributed by atoms with Crippen LogP contribution in [0.4, 0.5) is 5.00 Å². The van der Waals surface area contributed by atoms with Crippen molar-refractivity contribution in [1.82, 2.24) is 0 Å². The van der Waals surface area contributed by atoms with E-state index in [0.29, 0.717) is 23.1 Å². The Labute approximate surface area is 141 Å². The predicted octanol–water partition coefficient (Wildman–Crippen LogP) is 3.59. The number of anilines is 1. The molecule has 0 radical (unpaired) electrons. The number of ether oxygens (including phenoxy) is 2. The highest BCUT2D eigenvalue weighted by Crippen LogP contribution is 2.36. The average molecular weight is 339 g/mol. The largest absolute Gasteiger partial charge is 0.465 e. The van der Waals surface area contributed by atoms with Gasteiger partial charge in [0.1, 0.15) is 11.1 Å². The summed E-state index contributed by atoms with van der Waals surface area (Å²) in [6, 6.07) is 1.79. The van der Waals surface area contributed by atoms with Gasteiger partial charge in [0.2, 0.25) is 0 Å². The zero-order valence-electron chi connectivity index (χ0n) is 14.4. The second-order valence-corrected chi connectivity index (χ2v) is 8.06. The Kier molecular flexibility index (Phi) is 5.47. The van der Waals surface area contributed by atoms with Crippen LogP contribution in [-0.2, 0) is 19.7 Å². The van der Waals surface area contributed by atoms with Gasteiger partial charge < -0.3 is 14.8 Å². The van der Waals surface area contributed by atoms with Crippen molar-refractivity contribution in [2.75, 3.05) is 19.0 Å². The van der Waals surface area contributed by atoms with E-state index in [1.807, 2.05) is 0 Å². The number of carbonyl (C=O) groups excluding carboxylic acids is 2. The third kappa shape index (κ3) is 4.78. The summed E-state index contributed by atoms with van der Waals surface area (Å²) in [5.41, 5.74) is 0.287. The molecule has 1 unspecified atom stereocenters. The van der Waals surface area contributed by atoms with Crippen LogP contribution in [0.1, 0.15) is 55.8 Å². The lowest BCUT2D eigenvalue weighted by Crippen LogP contribution is -2.28. The molecule has 1 heterocycles. The molecule has 6 heteroatoms. The number of hydrogen-bond acceptors (Lipinski definition) is 5. The van der Waals surface area contributed by atoms with Crippen LogP contribution >= 0.6 is 11.3 Å². The van der Waals surface area contributed by atoms with Crippen molar-refractivity contribution in [3.63, 3.8) is 0 Å². The van der Waals surface area contributed by atoms with Gasteiger partial charge in [-0.25, -0.2) is 4.79 Å². The monoisotopic (exact) mass is 339 g/mol. The highest BCUT2D eigenvalue weighted by atomic mass is 32.1. The standard InChI is InChI=1S/C17H25NO4S/c1-10(22-9-11-6-7-11)14(19)18-15-12(16(20)21-5)8-13(23-15)17(2,3)4/h8,10-11H,6-7,9H2,1-5H3,(H,18,19). The first-order valence-corrected chi connectivity index (χ1v) is 8.69. The molecule has 0 aliphatic heterocycles. The first-order chi connectivity index (χ1) is 10.7. The van der Waals surface area contributed by atoms with Crippen molar-refractivity contribution in [1.29, 1.82) is 0 Å². The smallest absolute Gasteiger partial charge is 0.340 e. The summed E-state index contributed by atoms with van der Waals surface area (Å²) < 4.78 is 10.4. The van der Waals surface area contributed by atoms with Crippen molar-refractivity contribution in [2.24, 2.45) is 5.92 Å². The summed E-state index contributed by atoms with van der Waals surface area (Å²) in [6.45, 7) is 8.54. The molecule has 0 saturated heterocycles. The van der Waals surface area contributed by atoms with E-state index in [-0.39, 0.29) is 11.3 Å². The fourth-order valence-corrected chi connectivity index (χ4v) is 3.08. The van der Waals surface area contributed by atoms with Gasteiger partial charge in [0.05, 0.1) is 19.3 Å². The number of carbonyl (C=O) groups is 2. The Morgan fingerprint density at radius 1 is 1.39 bits per heavy atom. The molecule has 1 N–H and O–H groups in total. The molecule has 1 atom stereocenters. The van der Waals surface area contributed by atoms with E-state index >= 15 is 0 Å². The van der Waals surface area contributed by atoms with Gasteiger partial charge in [-0.1, -0.05) is 20.8 Å². The van der Waals surface area contributed by atoms with Gasteiger partial charge >= 0.3 is 5.97 Å². The van der Waals surface area contributed by atoms with Gasteiger partial charge in [-0.05, 0) is 37.2 Å². The van der Waals surface area contributed by atoms with Gasteiger partial charge in [0, 0.05) is 4.88 Å². The van der Waals surface area contributed by atoms with Crippen molar-refractivity contribution in [3.8, 4) is 0 Å². The molecule has 0 bridgehead atoms. The summed E-state index contributed by atoms with van der Waals surface area (Å²) in [4.78, 5) is 25.3. The Morgan fingerprint density at radius 3 is 2.57 bits per heavy atom. The number of hydrogen-bond donors (Lipinski definition) is 1. The molecule has 1 aliphatic rings. The van der Waals surface area contributed by atoms with Gasteiger partial charge in [-0.3, -0.25) is 4.79 Å². The molecule has 1 amide bonds. The molecule has 128 valence electrons. The minimum Gasteiger partial charge on any atom is -0.465 e. The van der Waals surface area contributed by atoms with E-state index in [4.69, 9.17) is 9.47 Å². The molecule has 1 aromatic heterocycles. The second-order valence-electron chi connectivity index (χ2n) is 7.00. The fourth-order valence-electron chi connectivity index (χ4n) is 1.97. The number of methoxy groups -OCH3 is 1. The van der Waals surface area contributed by atoms with Crippen molar-refractivity contribution < 1.29 is 19.1 Å². The Morgan fingerprint density at radius 2 is 2.04 bits per heavy atom. The van der Waals surface area contributed by atoms with Crippen LogP contribution in [0.3, 0.4) is 0 Å². The zero-order valence-corrected chi connectivity index (χ0v) is 15.2. The summed E-state index contributed by atoms with van der Waals surface area (Å²) >= 11 is 1.40. The molecular weight excluding hydrogens is 314 g/mol. The third-order valence-corrected chi connectivity index (χ3v) is 5.24. The summed E-state index contributed by atoms with van der Waals surface area (Å²) in [7, 11) is 1.34.